The number of amides is 1. The highest BCUT2D eigenvalue weighted by atomic mass is 32.1. The van der Waals surface area contributed by atoms with E-state index in [1.54, 1.807) is 0 Å². The van der Waals surface area contributed by atoms with E-state index >= 15 is 0 Å². The summed E-state index contributed by atoms with van der Waals surface area (Å²) in [4.78, 5) is 27.8. The summed E-state index contributed by atoms with van der Waals surface area (Å²) < 4.78 is 14.5. The van der Waals surface area contributed by atoms with Gasteiger partial charge in [0, 0.05) is 6.54 Å². The number of carboxylic acid groups (broad SMARTS) is 1. The molecule has 0 fully saturated rings. The van der Waals surface area contributed by atoms with Crippen LogP contribution in [-0.2, 0) is 17.8 Å². The number of aromatic nitrogens is 1. The molecule has 0 aliphatic carbocycles. The smallest absolute Gasteiger partial charge is 0.338 e. The van der Waals surface area contributed by atoms with Gasteiger partial charge >= 0.3 is 5.97 Å². The molecule has 0 radical (unpaired) electrons. The lowest BCUT2D eigenvalue weighted by Gasteiger charge is -2.06. The van der Waals surface area contributed by atoms with Gasteiger partial charge in [-0.25, -0.2) is 14.2 Å². The van der Waals surface area contributed by atoms with Crippen LogP contribution in [0, 0.1) is 5.82 Å². The van der Waals surface area contributed by atoms with E-state index in [-0.39, 0.29) is 18.9 Å². The number of rotatable bonds is 6. The van der Waals surface area contributed by atoms with Gasteiger partial charge < -0.3 is 10.4 Å². The van der Waals surface area contributed by atoms with Crippen molar-refractivity contribution in [3.63, 3.8) is 0 Å². The molecule has 0 aliphatic heterocycles. The van der Waals surface area contributed by atoms with E-state index in [4.69, 9.17) is 5.11 Å². The van der Waals surface area contributed by atoms with E-state index in [0.29, 0.717) is 10.6 Å². The summed E-state index contributed by atoms with van der Waals surface area (Å²) in [5.74, 6) is -2.38. The quantitative estimate of drug-likeness (QED) is 0.476. The number of aromatic carboxylic acids is 1. The minimum Gasteiger partial charge on any atom is -0.478 e. The third-order valence-electron chi connectivity index (χ3n) is 4.60. The topological polar surface area (TPSA) is 79.3 Å². The molecule has 1 aromatic heterocycles. The molecular weight excluding hydrogens is 403 g/mol. The first kappa shape index (κ1) is 19.7. The van der Waals surface area contributed by atoms with Crippen LogP contribution in [0.15, 0.2) is 66.7 Å². The zero-order valence-electron chi connectivity index (χ0n) is 15.8. The average Bonchev–Trinajstić information content (AvgIpc) is 3.15. The Labute approximate surface area is 175 Å². The van der Waals surface area contributed by atoms with Crippen LogP contribution in [0.2, 0.25) is 0 Å². The molecule has 4 rings (SSSR count). The highest BCUT2D eigenvalue weighted by molar-refractivity contribution is 7.18. The second-order valence-corrected chi connectivity index (χ2v) is 7.84. The van der Waals surface area contributed by atoms with Gasteiger partial charge in [0.15, 0.2) is 0 Å². The molecule has 0 atom stereocenters. The number of halogens is 1. The monoisotopic (exact) mass is 420 g/mol. The molecule has 5 nitrogen and oxygen atoms in total. The number of benzene rings is 3. The van der Waals surface area contributed by atoms with Crippen LogP contribution < -0.4 is 5.32 Å². The predicted molar refractivity (Wildman–Crippen MR) is 114 cm³/mol. The number of carbonyl (C=O) groups excluding carboxylic acids is 1. The van der Waals surface area contributed by atoms with Crippen molar-refractivity contribution < 1.29 is 19.1 Å². The number of thiazole rings is 1. The molecule has 1 heterocycles. The Kier molecular flexibility index (Phi) is 5.54. The molecule has 0 bridgehead atoms. The van der Waals surface area contributed by atoms with Gasteiger partial charge in [-0.3, -0.25) is 4.79 Å². The van der Waals surface area contributed by atoms with Gasteiger partial charge in [-0.15, -0.1) is 11.3 Å². The lowest BCUT2D eigenvalue weighted by molar-refractivity contribution is -0.120. The van der Waals surface area contributed by atoms with Crippen molar-refractivity contribution >= 4 is 33.4 Å². The molecule has 3 aromatic carbocycles. The summed E-state index contributed by atoms with van der Waals surface area (Å²) in [6, 6.07) is 19.8. The average molecular weight is 420 g/mol. The molecule has 0 saturated heterocycles. The molecular formula is C23H17FN2O3S. The van der Waals surface area contributed by atoms with Crippen LogP contribution in [0.3, 0.4) is 0 Å². The van der Waals surface area contributed by atoms with Crippen LogP contribution in [0.1, 0.15) is 20.9 Å². The number of nitrogens with one attached hydrogen (secondary N) is 1. The van der Waals surface area contributed by atoms with Crippen LogP contribution in [0.5, 0.6) is 0 Å². The van der Waals surface area contributed by atoms with Crippen molar-refractivity contribution in [3.8, 4) is 11.1 Å². The van der Waals surface area contributed by atoms with E-state index in [1.165, 1.54) is 23.5 Å². The Morgan fingerprint density at radius 3 is 2.57 bits per heavy atom. The zero-order valence-corrected chi connectivity index (χ0v) is 16.6. The fourth-order valence-corrected chi connectivity index (χ4v) is 4.11. The fourth-order valence-electron chi connectivity index (χ4n) is 3.10. The molecule has 30 heavy (non-hydrogen) atoms. The van der Waals surface area contributed by atoms with Gasteiger partial charge in [-0.05, 0) is 41.0 Å². The Balaban J connectivity index is 1.43. The first-order chi connectivity index (χ1) is 14.5. The lowest BCUT2D eigenvalue weighted by Crippen LogP contribution is -2.24. The number of nitrogens with zero attached hydrogens (tertiary/aromatic N) is 1. The minimum atomic E-state index is -1.34. The van der Waals surface area contributed by atoms with E-state index < -0.39 is 17.3 Å². The maximum Gasteiger partial charge on any atom is 0.338 e. The summed E-state index contributed by atoms with van der Waals surface area (Å²) in [6.45, 7) is 0.114. The van der Waals surface area contributed by atoms with E-state index in [9.17, 15) is 14.0 Å². The van der Waals surface area contributed by atoms with Gasteiger partial charge in [0.25, 0.3) is 0 Å². The summed E-state index contributed by atoms with van der Waals surface area (Å²) in [5, 5.41) is 12.4. The Morgan fingerprint density at radius 2 is 1.80 bits per heavy atom. The van der Waals surface area contributed by atoms with E-state index in [1.807, 2.05) is 42.5 Å². The summed E-state index contributed by atoms with van der Waals surface area (Å²) in [5.41, 5.74) is 3.15. The molecule has 0 saturated carbocycles. The van der Waals surface area contributed by atoms with Crippen molar-refractivity contribution in [3.05, 3.63) is 88.7 Å². The van der Waals surface area contributed by atoms with Crippen molar-refractivity contribution in [1.29, 1.82) is 0 Å². The van der Waals surface area contributed by atoms with Gasteiger partial charge in [0.1, 0.15) is 10.8 Å². The van der Waals surface area contributed by atoms with E-state index in [0.717, 1.165) is 27.4 Å². The number of carbonyl (C=O) groups is 2. The Hall–Kier alpha value is -3.58. The lowest BCUT2D eigenvalue weighted by atomic mass is 10.1. The van der Waals surface area contributed by atoms with Crippen LogP contribution >= 0.6 is 11.3 Å². The number of carboxylic acids is 1. The van der Waals surface area contributed by atoms with Crippen molar-refractivity contribution in [1.82, 2.24) is 10.3 Å². The van der Waals surface area contributed by atoms with Crippen molar-refractivity contribution in [2.75, 3.05) is 0 Å². The maximum absolute atomic E-state index is 13.5. The number of fused-ring (bicyclic) bond motifs is 1. The SMILES string of the molecule is O=C(Cc1nc2ccc(-c3ccccc3)cc2s1)NCc1ccc(F)c(C(=O)O)c1. The van der Waals surface area contributed by atoms with Gasteiger partial charge in [0.05, 0.1) is 22.2 Å². The first-order valence-corrected chi connectivity index (χ1v) is 10.0. The molecule has 2 N–H and O–H groups in total. The highest BCUT2D eigenvalue weighted by Crippen LogP contribution is 2.28. The third-order valence-corrected chi connectivity index (χ3v) is 5.62. The zero-order chi connectivity index (χ0) is 21.1. The Morgan fingerprint density at radius 1 is 1.00 bits per heavy atom. The highest BCUT2D eigenvalue weighted by Gasteiger charge is 2.13. The predicted octanol–water partition coefficient (Wildman–Crippen LogP) is 4.66. The fraction of sp³-hybridized carbons (Fsp3) is 0.0870. The minimum absolute atomic E-state index is 0.114. The number of hydrogen-bond acceptors (Lipinski definition) is 4. The van der Waals surface area contributed by atoms with Crippen molar-refractivity contribution in [2.24, 2.45) is 0 Å². The summed E-state index contributed by atoms with van der Waals surface area (Å²) in [7, 11) is 0. The first-order valence-electron chi connectivity index (χ1n) is 9.23. The van der Waals surface area contributed by atoms with Crippen LogP contribution in [0.25, 0.3) is 21.3 Å². The van der Waals surface area contributed by atoms with Gasteiger partial charge in [-0.2, -0.15) is 0 Å². The third kappa shape index (κ3) is 4.36. The Bertz CT molecular complexity index is 1240. The van der Waals surface area contributed by atoms with Crippen molar-refractivity contribution in [2.45, 2.75) is 13.0 Å². The molecule has 0 spiro atoms. The van der Waals surface area contributed by atoms with Gasteiger partial charge in [0.2, 0.25) is 5.91 Å². The molecule has 1 amide bonds. The normalized spacial score (nSPS) is 10.8. The maximum atomic E-state index is 13.5. The molecule has 150 valence electrons. The van der Waals surface area contributed by atoms with Crippen LogP contribution in [0.4, 0.5) is 4.39 Å². The van der Waals surface area contributed by atoms with E-state index in [2.05, 4.69) is 16.4 Å². The van der Waals surface area contributed by atoms with Gasteiger partial charge in [-0.1, -0.05) is 42.5 Å². The van der Waals surface area contributed by atoms with Crippen LogP contribution in [-0.4, -0.2) is 22.0 Å². The second kappa shape index (κ2) is 8.42. The largest absolute Gasteiger partial charge is 0.478 e. The molecule has 7 heteroatoms. The molecule has 0 aliphatic rings. The second-order valence-electron chi connectivity index (χ2n) is 6.73. The molecule has 0 unspecified atom stereocenters. The number of hydrogen-bond donors (Lipinski definition) is 2. The molecule has 4 aromatic rings. The summed E-state index contributed by atoms with van der Waals surface area (Å²) in [6.07, 6.45) is 0.118. The standard InChI is InChI=1S/C23H17FN2O3S/c24-18-8-6-14(10-17(18)23(28)29)13-25-21(27)12-22-26-19-9-7-16(11-20(19)30-22)15-4-2-1-3-5-15/h1-11H,12-13H2,(H,25,27)(H,28,29). The summed E-state index contributed by atoms with van der Waals surface area (Å²) >= 11 is 1.47.